The van der Waals surface area contributed by atoms with Crippen LogP contribution in [0, 0.1) is 17.5 Å². The van der Waals surface area contributed by atoms with Crippen molar-refractivity contribution < 1.29 is 30.0 Å². The molecule has 17 heteroatoms. The van der Waals surface area contributed by atoms with Crippen LogP contribution in [0.4, 0.5) is 30.5 Å². The maximum atomic E-state index is 16.2. The minimum Gasteiger partial charge on any atom is -0.377 e. The van der Waals surface area contributed by atoms with Crippen LogP contribution in [0.1, 0.15) is 38.6 Å². The molecule has 3 heterocycles. The normalized spacial score (nSPS) is 15.0. The highest BCUT2D eigenvalue weighted by molar-refractivity contribution is 7.92. The maximum absolute atomic E-state index is 16.2. The Labute approximate surface area is 282 Å². The molecule has 0 aliphatic carbocycles. The van der Waals surface area contributed by atoms with E-state index < -0.39 is 53.5 Å². The maximum Gasteiger partial charge on any atom is 0.267 e. The van der Waals surface area contributed by atoms with Gasteiger partial charge in [-0.05, 0) is 43.2 Å². The Hall–Kier alpha value is -3.80. The van der Waals surface area contributed by atoms with Crippen molar-refractivity contribution in [3.05, 3.63) is 65.1 Å². The monoisotopic (exact) mass is 723 g/mol. The van der Waals surface area contributed by atoms with E-state index in [4.69, 9.17) is 4.98 Å². The third kappa shape index (κ3) is 7.58. The second-order valence-electron chi connectivity index (χ2n) is 12.7. The molecule has 0 spiro atoms. The smallest absolute Gasteiger partial charge is 0.267 e. The first-order valence-electron chi connectivity index (χ1n) is 14.9. The molecule has 258 valence electrons. The summed E-state index contributed by atoms with van der Waals surface area (Å²) < 4.78 is 99.6. The molecule has 2 aromatic carbocycles. The van der Waals surface area contributed by atoms with E-state index in [9.17, 15) is 25.6 Å². The zero-order chi connectivity index (χ0) is 35.2. The van der Waals surface area contributed by atoms with Crippen molar-refractivity contribution >= 4 is 48.7 Å². The average molecular weight is 724 g/mol. The molecular weight excluding hydrogens is 688 g/mol. The molecule has 0 bridgehead atoms. The molecule has 0 radical (unpaired) electrons. The van der Waals surface area contributed by atoms with Crippen LogP contribution in [0.15, 0.2) is 47.5 Å². The van der Waals surface area contributed by atoms with Crippen LogP contribution >= 0.6 is 11.3 Å². The number of aromatic nitrogens is 3. The number of nitrogens with zero attached hydrogens (tertiary/aromatic N) is 5. The minimum absolute atomic E-state index is 0.0536. The Bertz CT molecular complexity index is 2040. The van der Waals surface area contributed by atoms with Gasteiger partial charge in [0.1, 0.15) is 11.6 Å². The number of halogens is 3. The van der Waals surface area contributed by atoms with Crippen LogP contribution in [0.2, 0.25) is 0 Å². The van der Waals surface area contributed by atoms with Crippen LogP contribution in [-0.2, 0) is 25.5 Å². The molecule has 2 aromatic heterocycles. The van der Waals surface area contributed by atoms with Crippen molar-refractivity contribution in [1.29, 1.82) is 0 Å². The van der Waals surface area contributed by atoms with Crippen molar-refractivity contribution in [2.24, 2.45) is 0 Å². The number of nitrogens with one attached hydrogen (secondary N) is 2. The lowest BCUT2D eigenvalue weighted by atomic mass is 9.98. The summed E-state index contributed by atoms with van der Waals surface area (Å²) in [6.07, 6.45) is 3.84. The van der Waals surface area contributed by atoms with E-state index in [1.165, 1.54) is 38.9 Å². The molecule has 48 heavy (non-hydrogen) atoms. The second kappa shape index (κ2) is 13.2. The van der Waals surface area contributed by atoms with Gasteiger partial charge in [-0.2, -0.15) is 0 Å². The average Bonchev–Trinajstić information content (AvgIpc) is 3.44. The molecule has 1 aliphatic heterocycles. The Morgan fingerprint density at radius 2 is 1.62 bits per heavy atom. The fourth-order valence-electron chi connectivity index (χ4n) is 5.12. The number of benzene rings is 2. The second-order valence-corrected chi connectivity index (χ2v) is 17.3. The zero-order valence-corrected chi connectivity index (χ0v) is 29.6. The van der Waals surface area contributed by atoms with Crippen LogP contribution in [-0.4, -0.2) is 75.6 Å². The topological polar surface area (TPSA) is 137 Å². The summed E-state index contributed by atoms with van der Waals surface area (Å²) in [7, 11) is -5.08. The van der Waals surface area contributed by atoms with Crippen LogP contribution in [0.25, 0.3) is 21.8 Å². The number of anilines is 3. The van der Waals surface area contributed by atoms with Gasteiger partial charge in [0.05, 0.1) is 33.2 Å². The number of hydrogen-bond acceptors (Lipinski definition) is 10. The molecule has 1 fully saturated rings. The number of piperidine rings is 1. The number of hydrogen-bond donors (Lipinski definition) is 2. The predicted octanol–water partition coefficient (Wildman–Crippen LogP) is 5.68. The molecule has 1 saturated heterocycles. The highest BCUT2D eigenvalue weighted by atomic mass is 32.2. The molecule has 0 saturated carbocycles. The van der Waals surface area contributed by atoms with Gasteiger partial charge in [-0.15, -0.1) is 11.3 Å². The molecule has 1 aliphatic rings. The van der Waals surface area contributed by atoms with Gasteiger partial charge in [0.15, 0.2) is 10.7 Å². The number of thiazole rings is 1. The summed E-state index contributed by atoms with van der Waals surface area (Å²) in [4.78, 5) is 14.4. The molecule has 0 unspecified atom stereocenters. The van der Waals surface area contributed by atoms with Crippen molar-refractivity contribution in [2.45, 2.75) is 50.0 Å². The van der Waals surface area contributed by atoms with E-state index >= 15 is 4.39 Å². The molecule has 0 atom stereocenters. The van der Waals surface area contributed by atoms with E-state index in [1.54, 1.807) is 26.4 Å². The summed E-state index contributed by atoms with van der Waals surface area (Å²) in [6, 6.07) is 7.33. The lowest BCUT2D eigenvalue weighted by Gasteiger charge is -2.30. The Kier molecular flexibility index (Phi) is 9.80. The van der Waals surface area contributed by atoms with E-state index in [0.29, 0.717) is 47.5 Å². The number of sulfonamides is 2. The lowest BCUT2D eigenvalue weighted by Crippen LogP contribution is -2.42. The molecule has 11 nitrogen and oxygen atoms in total. The molecule has 5 rings (SSSR count). The lowest BCUT2D eigenvalue weighted by molar-refractivity contribution is 0.331. The fourth-order valence-corrected chi connectivity index (χ4v) is 8.28. The van der Waals surface area contributed by atoms with E-state index in [2.05, 4.69) is 15.3 Å². The van der Waals surface area contributed by atoms with Gasteiger partial charge in [0.2, 0.25) is 16.0 Å². The summed E-state index contributed by atoms with van der Waals surface area (Å²) in [5.74, 6) is -3.35. The first-order chi connectivity index (χ1) is 22.3. The van der Waals surface area contributed by atoms with E-state index in [-0.39, 0.29) is 23.0 Å². The van der Waals surface area contributed by atoms with Crippen LogP contribution < -0.4 is 14.9 Å². The highest BCUT2D eigenvalue weighted by Crippen LogP contribution is 2.42. The first-order valence-corrected chi connectivity index (χ1v) is 19.0. The summed E-state index contributed by atoms with van der Waals surface area (Å²) in [5, 5.41) is 3.92. The molecule has 0 amide bonds. The molecule has 4 aromatic rings. The zero-order valence-electron chi connectivity index (χ0n) is 27.2. The van der Waals surface area contributed by atoms with E-state index in [0.717, 1.165) is 18.2 Å². The van der Waals surface area contributed by atoms with Crippen molar-refractivity contribution in [2.75, 3.05) is 48.4 Å². The minimum atomic E-state index is -4.89. The van der Waals surface area contributed by atoms with Gasteiger partial charge in [-0.3, -0.25) is 4.72 Å². The first kappa shape index (κ1) is 35.5. The molecular formula is C31H36F3N7O4S3. The van der Waals surface area contributed by atoms with Gasteiger partial charge < -0.3 is 10.2 Å². The predicted molar refractivity (Wildman–Crippen MR) is 182 cm³/mol. The highest BCUT2D eigenvalue weighted by Gasteiger charge is 2.30. The van der Waals surface area contributed by atoms with Gasteiger partial charge in [-0.25, -0.2) is 49.3 Å². The Morgan fingerprint density at radius 3 is 2.21 bits per heavy atom. The Morgan fingerprint density at radius 1 is 0.979 bits per heavy atom. The van der Waals surface area contributed by atoms with Gasteiger partial charge >= 0.3 is 0 Å². The van der Waals surface area contributed by atoms with Gasteiger partial charge in [0.25, 0.3) is 10.0 Å². The third-order valence-electron chi connectivity index (χ3n) is 7.68. The van der Waals surface area contributed by atoms with Gasteiger partial charge in [-0.1, -0.05) is 26.8 Å². The summed E-state index contributed by atoms with van der Waals surface area (Å²) in [6.45, 7) is 6.57. The third-order valence-corrected chi connectivity index (χ3v) is 11.9. The van der Waals surface area contributed by atoms with E-state index in [1.807, 2.05) is 25.5 Å². The number of rotatable bonds is 9. The summed E-state index contributed by atoms with van der Waals surface area (Å²) >= 11 is 1.29. The van der Waals surface area contributed by atoms with Crippen molar-refractivity contribution in [3.8, 4) is 21.8 Å². The standard InChI is InChI=1S/C31H36F3N7O4S3/c1-31(2,3)29-38-26(27(46-29)24-10-13-35-30(37-24)36-18-11-14-41(15-12-18)47(6,42)43)20-8-7-9-23(25(20)34)39-48(44,45)28-21(32)16-19(40(4)5)17-22(28)33/h7-10,13,16-18,39H,11-12,14-15H2,1-6H3,(H,35,36,37). The quantitative estimate of drug-likeness (QED) is 0.223. The fraction of sp³-hybridized carbons (Fsp3) is 0.387. The van der Waals surface area contributed by atoms with Crippen molar-refractivity contribution in [1.82, 2.24) is 19.3 Å². The summed E-state index contributed by atoms with van der Waals surface area (Å²) in [5.41, 5.74) is -0.278. The van der Waals surface area contributed by atoms with Crippen LogP contribution in [0.5, 0.6) is 0 Å². The Balaban J connectivity index is 1.49. The van der Waals surface area contributed by atoms with Gasteiger partial charge in [0, 0.05) is 56.1 Å². The largest absolute Gasteiger partial charge is 0.377 e. The molecule has 2 N–H and O–H groups in total. The van der Waals surface area contributed by atoms with Crippen molar-refractivity contribution in [3.63, 3.8) is 0 Å². The SMILES string of the molecule is CN(C)c1cc(F)c(S(=O)(=O)Nc2cccc(-c3nc(C(C)(C)C)sc3-c3ccnc(NC4CCN(S(C)(=O)=O)CC4)n3)c2F)c(F)c1. The van der Waals surface area contributed by atoms with Crippen LogP contribution in [0.3, 0.4) is 0 Å².